The third kappa shape index (κ3) is 2.27. The number of imidazole rings is 1. The van der Waals surface area contributed by atoms with E-state index in [1.165, 1.54) is 29.5 Å². The quantitative estimate of drug-likeness (QED) is 0.699. The molecule has 0 saturated heterocycles. The number of nitrogen functional groups attached to an aromatic ring is 1. The number of hydrogen-bond donors (Lipinski definition) is 1. The SMILES string of the molecule is N#Cc1ccc(N)c(N2C=C3CC(c4ccc5c(c4)ncn5C4CC4)C3C2)c1. The van der Waals surface area contributed by atoms with Gasteiger partial charge in [0, 0.05) is 24.7 Å². The summed E-state index contributed by atoms with van der Waals surface area (Å²) < 4.78 is 2.33. The topological polar surface area (TPSA) is 70.9 Å². The van der Waals surface area contributed by atoms with Gasteiger partial charge < -0.3 is 15.2 Å². The molecular formula is C23H21N5. The van der Waals surface area contributed by atoms with Gasteiger partial charge in [-0.2, -0.15) is 5.26 Å². The van der Waals surface area contributed by atoms with E-state index in [4.69, 9.17) is 5.73 Å². The fraction of sp³-hybridized carbons (Fsp3) is 0.304. The first kappa shape index (κ1) is 15.8. The number of fused-ring (bicyclic) bond motifs is 2. The minimum absolute atomic E-state index is 0.521. The van der Waals surface area contributed by atoms with E-state index >= 15 is 0 Å². The molecule has 1 aliphatic heterocycles. The molecule has 2 N–H and O–H groups in total. The highest BCUT2D eigenvalue weighted by Gasteiger charge is 2.42. The van der Waals surface area contributed by atoms with E-state index in [1.54, 1.807) is 6.07 Å². The van der Waals surface area contributed by atoms with Gasteiger partial charge in [-0.15, -0.1) is 0 Å². The van der Waals surface area contributed by atoms with E-state index in [1.807, 2.05) is 18.5 Å². The van der Waals surface area contributed by atoms with E-state index in [2.05, 4.69) is 44.9 Å². The van der Waals surface area contributed by atoms with E-state index < -0.39 is 0 Å². The molecule has 0 bridgehead atoms. The van der Waals surface area contributed by atoms with Gasteiger partial charge in [0.25, 0.3) is 0 Å². The van der Waals surface area contributed by atoms with Gasteiger partial charge in [0.1, 0.15) is 0 Å². The molecule has 2 aromatic carbocycles. The molecule has 2 atom stereocenters. The summed E-state index contributed by atoms with van der Waals surface area (Å²) in [6.07, 6.45) is 7.87. The van der Waals surface area contributed by atoms with Gasteiger partial charge in [-0.3, -0.25) is 0 Å². The van der Waals surface area contributed by atoms with Gasteiger partial charge in [-0.25, -0.2) is 4.98 Å². The van der Waals surface area contributed by atoms with Gasteiger partial charge >= 0.3 is 0 Å². The van der Waals surface area contributed by atoms with Crippen LogP contribution in [0.2, 0.25) is 0 Å². The Balaban J connectivity index is 1.26. The standard InChI is InChI=1S/C23H21N5/c24-10-14-1-5-20(25)23(7-14)27-11-16-8-18(19(16)12-27)15-2-6-22-21(9-15)26-13-28(22)17-3-4-17/h1-2,5-7,9,11,13,17-19H,3-4,8,12,25H2. The fourth-order valence-corrected chi connectivity index (χ4v) is 4.81. The van der Waals surface area contributed by atoms with Crippen molar-refractivity contribution in [3.8, 4) is 6.07 Å². The van der Waals surface area contributed by atoms with Crippen molar-refractivity contribution < 1.29 is 0 Å². The summed E-state index contributed by atoms with van der Waals surface area (Å²) in [4.78, 5) is 6.87. The van der Waals surface area contributed by atoms with Crippen molar-refractivity contribution in [2.45, 2.75) is 31.2 Å². The maximum atomic E-state index is 9.20. The Kier molecular flexibility index (Phi) is 3.16. The van der Waals surface area contributed by atoms with Gasteiger partial charge in [0.15, 0.2) is 0 Å². The molecule has 6 rings (SSSR count). The first-order valence-electron chi connectivity index (χ1n) is 9.94. The van der Waals surface area contributed by atoms with Gasteiger partial charge in [-0.1, -0.05) is 6.07 Å². The Hall–Kier alpha value is -3.26. The van der Waals surface area contributed by atoms with Crippen molar-refractivity contribution in [1.29, 1.82) is 5.26 Å². The van der Waals surface area contributed by atoms with Crippen LogP contribution < -0.4 is 10.6 Å². The van der Waals surface area contributed by atoms with Crippen LogP contribution in [0.3, 0.4) is 0 Å². The first-order valence-corrected chi connectivity index (χ1v) is 9.94. The molecule has 3 aromatic rings. The fourth-order valence-electron chi connectivity index (χ4n) is 4.81. The zero-order valence-electron chi connectivity index (χ0n) is 15.5. The molecule has 5 nitrogen and oxygen atoms in total. The summed E-state index contributed by atoms with van der Waals surface area (Å²) in [6.45, 7) is 0.924. The van der Waals surface area contributed by atoms with Crippen molar-refractivity contribution in [2.24, 2.45) is 5.92 Å². The summed E-state index contributed by atoms with van der Waals surface area (Å²) in [5.74, 6) is 1.06. The van der Waals surface area contributed by atoms with Crippen molar-refractivity contribution >= 4 is 22.4 Å². The maximum Gasteiger partial charge on any atom is 0.0992 e. The van der Waals surface area contributed by atoms with Crippen LogP contribution in [0.25, 0.3) is 11.0 Å². The van der Waals surface area contributed by atoms with Crippen LogP contribution in [0, 0.1) is 17.2 Å². The molecule has 0 spiro atoms. The average Bonchev–Trinajstić information content (AvgIpc) is 3.38. The predicted octanol–water partition coefficient (Wildman–Crippen LogP) is 4.33. The molecule has 5 heteroatoms. The zero-order chi connectivity index (χ0) is 18.8. The Labute approximate surface area is 163 Å². The Morgan fingerprint density at radius 3 is 2.82 bits per heavy atom. The molecule has 0 amide bonds. The monoisotopic (exact) mass is 367 g/mol. The number of rotatable bonds is 3. The summed E-state index contributed by atoms with van der Waals surface area (Å²) in [5, 5.41) is 9.20. The maximum absolute atomic E-state index is 9.20. The van der Waals surface area contributed by atoms with E-state index in [-0.39, 0.29) is 0 Å². The normalized spacial score (nSPS) is 23.2. The molecule has 3 aliphatic rings. The van der Waals surface area contributed by atoms with Crippen molar-refractivity contribution in [3.63, 3.8) is 0 Å². The largest absolute Gasteiger partial charge is 0.397 e. The number of nitrogens with zero attached hydrogens (tertiary/aromatic N) is 4. The Morgan fingerprint density at radius 2 is 2.00 bits per heavy atom. The molecule has 0 radical (unpaired) electrons. The lowest BCUT2D eigenvalue weighted by Crippen LogP contribution is -2.29. The second-order valence-corrected chi connectivity index (χ2v) is 8.29. The lowest BCUT2D eigenvalue weighted by atomic mass is 9.67. The first-order chi connectivity index (χ1) is 13.7. The summed E-state index contributed by atoms with van der Waals surface area (Å²) >= 11 is 0. The third-order valence-corrected chi connectivity index (χ3v) is 6.57. The smallest absolute Gasteiger partial charge is 0.0992 e. The molecule has 2 unspecified atom stereocenters. The van der Waals surface area contributed by atoms with Gasteiger partial charge in [0.2, 0.25) is 0 Å². The van der Waals surface area contributed by atoms with Crippen LogP contribution in [-0.4, -0.2) is 16.1 Å². The highest BCUT2D eigenvalue weighted by molar-refractivity contribution is 5.77. The summed E-state index contributed by atoms with van der Waals surface area (Å²) in [6, 6.07) is 15.2. The van der Waals surface area contributed by atoms with Crippen LogP contribution in [-0.2, 0) is 0 Å². The zero-order valence-corrected chi connectivity index (χ0v) is 15.5. The van der Waals surface area contributed by atoms with Crippen LogP contribution in [0.1, 0.15) is 42.3 Å². The van der Waals surface area contributed by atoms with Crippen LogP contribution in [0.4, 0.5) is 11.4 Å². The molecule has 2 aliphatic carbocycles. The number of nitrogens with two attached hydrogens (primary N) is 1. The van der Waals surface area contributed by atoms with Gasteiger partial charge in [0.05, 0.1) is 40.4 Å². The number of nitriles is 1. The van der Waals surface area contributed by atoms with E-state index in [0.29, 0.717) is 23.4 Å². The lowest BCUT2D eigenvalue weighted by molar-refractivity contribution is 0.398. The second-order valence-electron chi connectivity index (χ2n) is 8.29. The minimum Gasteiger partial charge on any atom is -0.397 e. The number of anilines is 2. The minimum atomic E-state index is 0.521. The second kappa shape index (κ2) is 5.62. The third-order valence-electron chi connectivity index (χ3n) is 6.57. The van der Waals surface area contributed by atoms with Crippen molar-refractivity contribution in [1.82, 2.24) is 9.55 Å². The molecule has 2 saturated carbocycles. The van der Waals surface area contributed by atoms with Crippen molar-refractivity contribution in [3.05, 3.63) is 65.6 Å². The Bertz CT molecular complexity index is 1180. The predicted molar refractivity (Wildman–Crippen MR) is 110 cm³/mol. The molecular weight excluding hydrogens is 346 g/mol. The highest BCUT2D eigenvalue weighted by atomic mass is 15.2. The van der Waals surface area contributed by atoms with Crippen molar-refractivity contribution in [2.75, 3.05) is 17.2 Å². The molecule has 2 fully saturated rings. The lowest BCUT2D eigenvalue weighted by Gasteiger charge is -2.36. The molecule has 1 aromatic heterocycles. The van der Waals surface area contributed by atoms with Crippen LogP contribution >= 0.6 is 0 Å². The van der Waals surface area contributed by atoms with Crippen LogP contribution in [0.15, 0.2) is 54.5 Å². The summed E-state index contributed by atoms with van der Waals surface area (Å²) in [5.41, 5.74) is 13.7. The van der Waals surface area contributed by atoms with Crippen LogP contribution in [0.5, 0.6) is 0 Å². The van der Waals surface area contributed by atoms with E-state index in [9.17, 15) is 5.26 Å². The summed E-state index contributed by atoms with van der Waals surface area (Å²) in [7, 11) is 0. The molecule has 2 heterocycles. The highest BCUT2D eigenvalue weighted by Crippen LogP contribution is 2.52. The molecule has 28 heavy (non-hydrogen) atoms. The average molecular weight is 367 g/mol. The molecule has 138 valence electrons. The number of hydrogen-bond acceptors (Lipinski definition) is 4. The number of aromatic nitrogens is 2. The van der Waals surface area contributed by atoms with E-state index in [0.717, 1.165) is 29.9 Å². The number of benzene rings is 2. The Morgan fingerprint density at radius 1 is 1.11 bits per heavy atom. The van der Waals surface area contributed by atoms with Gasteiger partial charge in [-0.05, 0) is 66.6 Å².